The Morgan fingerprint density at radius 1 is 1.11 bits per heavy atom. The second-order valence-corrected chi connectivity index (χ2v) is 7.56. The lowest BCUT2D eigenvalue weighted by atomic mass is 9.81. The predicted octanol–water partition coefficient (Wildman–Crippen LogP) is 1.75. The Morgan fingerprint density at radius 2 is 1.68 bits per heavy atom. The molecule has 0 radical (unpaired) electrons. The van der Waals surface area contributed by atoms with Crippen LogP contribution in [0.1, 0.15) is 38.2 Å². The molecular formula is C21H26N2O5. The van der Waals surface area contributed by atoms with E-state index < -0.39 is 18.6 Å². The van der Waals surface area contributed by atoms with Crippen LogP contribution in [0.3, 0.4) is 0 Å². The van der Waals surface area contributed by atoms with Crippen LogP contribution in [-0.4, -0.2) is 53.2 Å². The van der Waals surface area contributed by atoms with E-state index in [0.717, 1.165) is 23.3 Å². The standard InChI is InChI=1S/C21H26N2O5/c1-14(23-19(25)16-10-6-7-11-17(16)20(23)26)21(27)28-13-18(24)22(2)12-15-8-4-3-5-9-15/h3-5,8-9,14,16-17H,6-7,10-13H2,1-2H3/t14-,16-,17+/m0/s1. The summed E-state index contributed by atoms with van der Waals surface area (Å²) in [6.07, 6.45) is 3.23. The number of likely N-dealkylation sites (N-methyl/N-ethyl adjacent to an activating group) is 1. The third-order valence-corrected chi connectivity index (χ3v) is 5.63. The third-order valence-electron chi connectivity index (χ3n) is 5.63. The number of esters is 1. The van der Waals surface area contributed by atoms with Crippen LogP contribution in [-0.2, 0) is 30.5 Å². The number of likely N-dealkylation sites (tertiary alicyclic amines) is 1. The van der Waals surface area contributed by atoms with Gasteiger partial charge >= 0.3 is 5.97 Å². The first-order valence-electron chi connectivity index (χ1n) is 9.71. The van der Waals surface area contributed by atoms with Crippen molar-refractivity contribution >= 4 is 23.7 Å². The Bertz CT molecular complexity index is 739. The number of hydrogen-bond donors (Lipinski definition) is 0. The molecule has 3 amide bonds. The Labute approximate surface area is 164 Å². The molecule has 7 nitrogen and oxygen atoms in total. The van der Waals surface area contributed by atoms with Gasteiger partial charge in [-0.15, -0.1) is 0 Å². The van der Waals surface area contributed by atoms with Gasteiger partial charge in [-0.1, -0.05) is 43.2 Å². The zero-order valence-electron chi connectivity index (χ0n) is 16.3. The normalized spacial score (nSPS) is 22.6. The Kier molecular flexibility index (Phi) is 6.11. The number of carbonyl (C=O) groups is 4. The van der Waals surface area contributed by atoms with E-state index in [1.54, 1.807) is 7.05 Å². The Morgan fingerprint density at radius 3 is 2.25 bits per heavy atom. The summed E-state index contributed by atoms with van der Waals surface area (Å²) in [5.41, 5.74) is 0.967. The number of carbonyl (C=O) groups excluding carboxylic acids is 4. The fourth-order valence-corrected chi connectivity index (χ4v) is 3.98. The van der Waals surface area contributed by atoms with Gasteiger partial charge in [0.1, 0.15) is 6.04 Å². The van der Waals surface area contributed by atoms with Crippen LogP contribution in [0.15, 0.2) is 30.3 Å². The van der Waals surface area contributed by atoms with Crippen molar-refractivity contribution in [3.63, 3.8) is 0 Å². The van der Waals surface area contributed by atoms with Gasteiger partial charge in [-0.05, 0) is 25.3 Å². The van der Waals surface area contributed by atoms with Crippen LogP contribution in [0, 0.1) is 11.8 Å². The zero-order valence-corrected chi connectivity index (χ0v) is 16.3. The fourth-order valence-electron chi connectivity index (χ4n) is 3.98. The van der Waals surface area contributed by atoms with E-state index in [1.165, 1.54) is 11.8 Å². The van der Waals surface area contributed by atoms with Crippen LogP contribution >= 0.6 is 0 Å². The minimum atomic E-state index is -1.02. The van der Waals surface area contributed by atoms with Gasteiger partial charge in [0, 0.05) is 13.6 Å². The summed E-state index contributed by atoms with van der Waals surface area (Å²) in [5, 5.41) is 0. The largest absolute Gasteiger partial charge is 0.454 e. The van der Waals surface area contributed by atoms with Gasteiger partial charge in [-0.25, -0.2) is 4.79 Å². The molecule has 0 spiro atoms. The van der Waals surface area contributed by atoms with Gasteiger partial charge in [0.05, 0.1) is 11.8 Å². The second kappa shape index (κ2) is 8.54. The van der Waals surface area contributed by atoms with Crippen molar-refractivity contribution in [2.24, 2.45) is 11.8 Å². The summed E-state index contributed by atoms with van der Waals surface area (Å²) >= 11 is 0. The van der Waals surface area contributed by atoms with Crippen LogP contribution < -0.4 is 0 Å². The minimum Gasteiger partial charge on any atom is -0.454 e. The molecule has 150 valence electrons. The average molecular weight is 386 g/mol. The van der Waals surface area contributed by atoms with Gasteiger partial charge in [0.25, 0.3) is 5.91 Å². The molecule has 0 unspecified atom stereocenters. The van der Waals surface area contributed by atoms with Gasteiger partial charge in [0.2, 0.25) is 11.8 Å². The molecule has 0 aromatic heterocycles. The highest BCUT2D eigenvalue weighted by molar-refractivity contribution is 6.07. The first-order valence-corrected chi connectivity index (χ1v) is 9.71. The number of amides is 3. The maximum atomic E-state index is 12.6. The number of ether oxygens (including phenoxy) is 1. The number of hydrogen-bond acceptors (Lipinski definition) is 5. The highest BCUT2D eigenvalue weighted by atomic mass is 16.5. The van der Waals surface area contributed by atoms with Gasteiger partial charge in [-0.3, -0.25) is 19.3 Å². The molecule has 1 saturated heterocycles. The average Bonchev–Trinajstić information content (AvgIpc) is 2.96. The zero-order chi connectivity index (χ0) is 20.3. The molecule has 3 rings (SSSR count). The van der Waals surface area contributed by atoms with Gasteiger partial charge < -0.3 is 9.64 Å². The Balaban J connectivity index is 1.53. The molecule has 3 atom stereocenters. The van der Waals surface area contributed by atoms with Gasteiger partial charge in [0.15, 0.2) is 6.61 Å². The van der Waals surface area contributed by atoms with E-state index in [2.05, 4.69) is 0 Å². The maximum Gasteiger partial charge on any atom is 0.329 e. The molecule has 28 heavy (non-hydrogen) atoms. The van der Waals surface area contributed by atoms with Crippen LogP contribution in [0.25, 0.3) is 0 Å². The number of imide groups is 1. The summed E-state index contributed by atoms with van der Waals surface area (Å²) < 4.78 is 5.11. The Hall–Kier alpha value is -2.70. The highest BCUT2D eigenvalue weighted by Crippen LogP contribution is 2.38. The molecule has 1 aromatic rings. The van der Waals surface area contributed by atoms with Crippen molar-refractivity contribution in [3.8, 4) is 0 Å². The highest BCUT2D eigenvalue weighted by Gasteiger charge is 2.51. The topological polar surface area (TPSA) is 84.0 Å². The van der Waals surface area contributed by atoms with E-state index >= 15 is 0 Å². The molecule has 1 heterocycles. The third kappa shape index (κ3) is 4.08. The van der Waals surface area contributed by atoms with Crippen LogP contribution in [0.4, 0.5) is 0 Å². The SMILES string of the molecule is C[C@@H](C(=O)OCC(=O)N(C)Cc1ccccc1)N1C(=O)[C@H]2CCCC[C@H]2C1=O. The van der Waals surface area contributed by atoms with Crippen molar-refractivity contribution in [2.75, 3.05) is 13.7 Å². The van der Waals surface area contributed by atoms with Crippen molar-refractivity contribution in [1.29, 1.82) is 0 Å². The molecule has 1 aromatic carbocycles. The smallest absolute Gasteiger partial charge is 0.329 e. The van der Waals surface area contributed by atoms with E-state index in [-0.39, 0.29) is 29.6 Å². The molecule has 7 heteroatoms. The second-order valence-electron chi connectivity index (χ2n) is 7.56. The molecule has 0 bridgehead atoms. The molecule has 0 N–H and O–H groups in total. The number of nitrogens with zero attached hydrogens (tertiary/aromatic N) is 2. The summed E-state index contributed by atoms with van der Waals surface area (Å²) in [6, 6.07) is 8.46. The van der Waals surface area contributed by atoms with Crippen molar-refractivity contribution in [3.05, 3.63) is 35.9 Å². The van der Waals surface area contributed by atoms with E-state index in [4.69, 9.17) is 4.74 Å². The first kappa shape index (κ1) is 20.0. The first-order chi connectivity index (χ1) is 13.4. The summed E-state index contributed by atoms with van der Waals surface area (Å²) in [4.78, 5) is 52.2. The lowest BCUT2D eigenvalue weighted by Crippen LogP contribution is -2.45. The molecular weight excluding hydrogens is 360 g/mol. The van der Waals surface area contributed by atoms with Crippen molar-refractivity contribution in [1.82, 2.24) is 9.80 Å². The van der Waals surface area contributed by atoms with Crippen molar-refractivity contribution in [2.45, 2.75) is 45.2 Å². The summed E-state index contributed by atoms with van der Waals surface area (Å²) in [6.45, 7) is 1.46. The number of rotatable bonds is 6. The molecule has 2 aliphatic rings. The van der Waals surface area contributed by atoms with Crippen LogP contribution in [0.5, 0.6) is 0 Å². The minimum absolute atomic E-state index is 0.285. The predicted molar refractivity (Wildman–Crippen MR) is 101 cm³/mol. The lowest BCUT2D eigenvalue weighted by molar-refractivity contribution is -0.161. The molecule has 1 aliphatic carbocycles. The number of benzene rings is 1. The summed E-state index contributed by atoms with van der Waals surface area (Å²) in [5.74, 6) is -2.28. The maximum absolute atomic E-state index is 12.6. The van der Waals surface area contributed by atoms with E-state index in [1.807, 2.05) is 30.3 Å². The lowest BCUT2D eigenvalue weighted by Gasteiger charge is -2.22. The molecule has 2 fully saturated rings. The van der Waals surface area contributed by atoms with E-state index in [9.17, 15) is 19.2 Å². The quantitative estimate of drug-likeness (QED) is 0.549. The number of fused-ring (bicyclic) bond motifs is 1. The molecule has 1 aliphatic heterocycles. The van der Waals surface area contributed by atoms with E-state index in [0.29, 0.717) is 19.4 Å². The molecule has 1 saturated carbocycles. The van der Waals surface area contributed by atoms with Crippen molar-refractivity contribution < 1.29 is 23.9 Å². The monoisotopic (exact) mass is 386 g/mol. The van der Waals surface area contributed by atoms with Gasteiger partial charge in [-0.2, -0.15) is 0 Å². The summed E-state index contributed by atoms with van der Waals surface area (Å²) in [7, 11) is 1.63. The fraction of sp³-hybridized carbons (Fsp3) is 0.524. The van der Waals surface area contributed by atoms with Crippen LogP contribution in [0.2, 0.25) is 0 Å².